The summed E-state index contributed by atoms with van der Waals surface area (Å²) >= 11 is 1.15. The highest BCUT2D eigenvalue weighted by molar-refractivity contribution is 7.16. The molecule has 4 rings (SSSR count). The van der Waals surface area contributed by atoms with Gasteiger partial charge in [0.15, 0.2) is 0 Å². The Bertz CT molecular complexity index is 1510. The third kappa shape index (κ3) is 7.09. The van der Waals surface area contributed by atoms with Crippen LogP contribution in [0.4, 0.5) is 0 Å². The Morgan fingerprint density at radius 2 is 1.62 bits per heavy atom. The Kier molecular flexibility index (Phi) is 9.60. The summed E-state index contributed by atoms with van der Waals surface area (Å²) in [5.74, 6) is 1.21. The molecule has 0 saturated carbocycles. The molecule has 0 atom stereocenters. The molecular weight excluding hydrogens is 528 g/mol. The Balaban J connectivity index is 1.30. The lowest BCUT2D eigenvalue weighted by Crippen LogP contribution is -2.27. The second-order valence-corrected chi connectivity index (χ2v) is 10.9. The van der Waals surface area contributed by atoms with Crippen molar-refractivity contribution in [3.05, 3.63) is 93.6 Å². The second-order valence-electron chi connectivity index (χ2n) is 9.89. The van der Waals surface area contributed by atoms with Crippen LogP contribution in [-0.2, 0) is 16.1 Å². The lowest BCUT2D eigenvalue weighted by molar-refractivity contribution is -0.153. The van der Waals surface area contributed by atoms with E-state index in [4.69, 9.17) is 14.2 Å². The molecule has 8 nitrogen and oxygen atoms in total. The molecule has 0 bridgehead atoms. The average molecular weight is 563 g/mol. The predicted molar refractivity (Wildman–Crippen MR) is 157 cm³/mol. The fraction of sp³-hybridized carbons (Fsp3) is 0.323. The first-order valence-electron chi connectivity index (χ1n) is 13.3. The largest absolute Gasteiger partial charge is 0.494 e. The molecule has 0 radical (unpaired) electrons. The summed E-state index contributed by atoms with van der Waals surface area (Å²) in [5.41, 5.74) is 2.25. The quantitative estimate of drug-likeness (QED) is 0.0693. The summed E-state index contributed by atoms with van der Waals surface area (Å²) in [5, 5.41) is 13.1. The van der Waals surface area contributed by atoms with Gasteiger partial charge in [0.2, 0.25) is 0 Å². The third-order valence-corrected chi connectivity index (χ3v) is 7.48. The number of benzene rings is 3. The number of nitrogens with zero attached hydrogens (tertiary/aromatic N) is 2. The van der Waals surface area contributed by atoms with Crippen molar-refractivity contribution in [1.29, 1.82) is 0 Å². The van der Waals surface area contributed by atoms with E-state index in [1.165, 1.54) is 0 Å². The van der Waals surface area contributed by atoms with Crippen LogP contribution in [0, 0.1) is 5.41 Å². The topological polar surface area (TPSA) is 99.4 Å². The first kappa shape index (κ1) is 28.9. The molecule has 0 saturated heterocycles. The second kappa shape index (κ2) is 13.3. The molecule has 0 aliphatic rings. The highest BCUT2D eigenvalue weighted by Gasteiger charge is 2.28. The van der Waals surface area contributed by atoms with Gasteiger partial charge in [-0.15, -0.1) is 0 Å². The molecule has 0 spiro atoms. The molecular formula is C31H34N2O6S. The van der Waals surface area contributed by atoms with Gasteiger partial charge < -0.3 is 19.4 Å². The highest BCUT2D eigenvalue weighted by Crippen LogP contribution is 2.25. The van der Waals surface area contributed by atoms with E-state index in [0.29, 0.717) is 44.2 Å². The maximum atomic E-state index is 12.7. The van der Waals surface area contributed by atoms with Crippen LogP contribution in [0.5, 0.6) is 11.5 Å². The SMILES string of the molecule is CCOC(=O)C(C)(C)CCCOc1ccc(OCCn2c(=O)sc3cc(C(=NO)c4ccccc4)ccc32)cc1. The molecule has 210 valence electrons. The van der Waals surface area contributed by atoms with E-state index in [2.05, 4.69) is 5.16 Å². The monoisotopic (exact) mass is 562 g/mol. The van der Waals surface area contributed by atoms with Gasteiger partial charge in [-0.1, -0.05) is 52.9 Å². The van der Waals surface area contributed by atoms with Crippen molar-refractivity contribution in [2.75, 3.05) is 19.8 Å². The zero-order valence-electron chi connectivity index (χ0n) is 23.0. The van der Waals surface area contributed by atoms with E-state index in [1.807, 2.05) is 93.6 Å². The van der Waals surface area contributed by atoms with Crippen LogP contribution in [0.3, 0.4) is 0 Å². The van der Waals surface area contributed by atoms with E-state index < -0.39 is 5.41 Å². The molecule has 0 unspecified atom stereocenters. The van der Waals surface area contributed by atoms with Crippen molar-refractivity contribution in [2.24, 2.45) is 10.6 Å². The summed E-state index contributed by atoms with van der Waals surface area (Å²) in [6, 6.07) is 22.3. The van der Waals surface area contributed by atoms with E-state index in [-0.39, 0.29) is 10.8 Å². The van der Waals surface area contributed by atoms with Gasteiger partial charge in [0.05, 0.1) is 35.4 Å². The van der Waals surface area contributed by atoms with E-state index in [1.54, 1.807) is 4.57 Å². The maximum Gasteiger partial charge on any atom is 0.311 e. The molecule has 9 heteroatoms. The summed E-state index contributed by atoms with van der Waals surface area (Å²) < 4.78 is 19.3. The number of aromatic nitrogens is 1. The number of fused-ring (bicyclic) bond motifs is 1. The molecule has 0 fully saturated rings. The number of hydrogen-bond acceptors (Lipinski definition) is 8. The van der Waals surface area contributed by atoms with Gasteiger partial charge in [-0.2, -0.15) is 0 Å². The van der Waals surface area contributed by atoms with Gasteiger partial charge in [0, 0.05) is 11.1 Å². The van der Waals surface area contributed by atoms with Crippen molar-refractivity contribution >= 4 is 33.2 Å². The number of oxime groups is 1. The zero-order chi connectivity index (χ0) is 28.5. The number of carbonyl (C=O) groups excluding carboxylic acids is 1. The molecule has 0 aliphatic carbocycles. The fourth-order valence-electron chi connectivity index (χ4n) is 4.32. The first-order chi connectivity index (χ1) is 19.3. The smallest absolute Gasteiger partial charge is 0.311 e. The molecule has 1 aromatic heterocycles. The van der Waals surface area contributed by atoms with Crippen LogP contribution in [0.2, 0.25) is 0 Å². The number of rotatable bonds is 13. The number of thiazole rings is 1. The van der Waals surface area contributed by atoms with Crippen LogP contribution in [-0.4, -0.2) is 41.3 Å². The van der Waals surface area contributed by atoms with E-state index in [9.17, 15) is 14.8 Å². The van der Waals surface area contributed by atoms with Gasteiger partial charge >= 0.3 is 10.8 Å². The molecule has 4 aromatic rings. The Labute approximate surface area is 237 Å². The first-order valence-corrected chi connectivity index (χ1v) is 14.1. The Morgan fingerprint density at radius 3 is 2.27 bits per heavy atom. The Hall–Kier alpha value is -4.11. The summed E-state index contributed by atoms with van der Waals surface area (Å²) in [7, 11) is 0. The normalized spacial score (nSPS) is 11.9. The van der Waals surface area contributed by atoms with Crippen molar-refractivity contribution in [3.63, 3.8) is 0 Å². The van der Waals surface area contributed by atoms with Crippen molar-refractivity contribution in [3.8, 4) is 11.5 Å². The summed E-state index contributed by atoms with van der Waals surface area (Å²) in [4.78, 5) is 24.6. The lowest BCUT2D eigenvalue weighted by Gasteiger charge is -2.22. The predicted octanol–water partition coefficient (Wildman–Crippen LogP) is 6.12. The summed E-state index contributed by atoms with van der Waals surface area (Å²) in [6.45, 7) is 7.17. The third-order valence-electron chi connectivity index (χ3n) is 6.54. The van der Waals surface area contributed by atoms with Crippen LogP contribution in [0.15, 0.2) is 82.7 Å². The molecule has 3 aromatic carbocycles. The number of carbonyl (C=O) groups is 1. The van der Waals surface area contributed by atoms with Gasteiger partial charge in [0.25, 0.3) is 0 Å². The zero-order valence-corrected chi connectivity index (χ0v) is 23.8. The average Bonchev–Trinajstić information content (AvgIpc) is 3.27. The number of hydrogen-bond donors (Lipinski definition) is 1. The van der Waals surface area contributed by atoms with Gasteiger partial charge in [-0.25, -0.2) is 0 Å². The maximum absolute atomic E-state index is 12.7. The molecule has 0 amide bonds. The van der Waals surface area contributed by atoms with Crippen LogP contribution >= 0.6 is 11.3 Å². The fourth-order valence-corrected chi connectivity index (χ4v) is 5.28. The lowest BCUT2D eigenvalue weighted by atomic mass is 9.88. The van der Waals surface area contributed by atoms with Crippen molar-refractivity contribution in [2.45, 2.75) is 40.2 Å². The highest BCUT2D eigenvalue weighted by atomic mass is 32.1. The van der Waals surface area contributed by atoms with E-state index in [0.717, 1.165) is 44.9 Å². The van der Waals surface area contributed by atoms with Crippen LogP contribution in [0.1, 0.15) is 44.7 Å². The minimum Gasteiger partial charge on any atom is -0.494 e. The molecule has 1 N–H and O–H groups in total. The van der Waals surface area contributed by atoms with Gasteiger partial charge in [-0.3, -0.25) is 14.2 Å². The van der Waals surface area contributed by atoms with E-state index >= 15 is 0 Å². The Morgan fingerprint density at radius 1 is 0.950 bits per heavy atom. The molecule has 1 heterocycles. The van der Waals surface area contributed by atoms with Crippen molar-refractivity contribution in [1.82, 2.24) is 4.57 Å². The molecule has 40 heavy (non-hydrogen) atoms. The summed E-state index contributed by atoms with van der Waals surface area (Å²) in [6.07, 6.45) is 1.41. The number of ether oxygens (including phenoxy) is 3. The van der Waals surface area contributed by atoms with Gasteiger partial charge in [-0.05, 0) is 70.0 Å². The van der Waals surface area contributed by atoms with Crippen molar-refractivity contribution < 1.29 is 24.2 Å². The van der Waals surface area contributed by atoms with Crippen LogP contribution in [0.25, 0.3) is 10.2 Å². The molecule has 0 aliphatic heterocycles. The minimum atomic E-state index is -0.534. The standard InChI is InChI=1S/C31H34N2O6S/c1-4-37-29(34)31(2,3)17-8-19-38-24-12-14-25(15-13-24)39-20-18-33-26-16-11-23(21-27(26)40-30(33)35)28(32-36)22-9-6-5-7-10-22/h5-7,9-16,21,36H,4,8,17-20H2,1-3H3. The van der Waals surface area contributed by atoms with Gasteiger partial charge in [0.1, 0.15) is 23.8 Å². The van der Waals surface area contributed by atoms with Crippen LogP contribution < -0.4 is 14.3 Å². The minimum absolute atomic E-state index is 0.0761. The number of esters is 1.